The number of nitrogens with zero attached hydrogens (tertiary/aromatic N) is 1. The Morgan fingerprint density at radius 1 is 1.33 bits per heavy atom. The zero-order valence-corrected chi connectivity index (χ0v) is 9.79. The molecule has 0 atom stereocenters. The molecule has 0 fully saturated rings. The molecule has 0 radical (unpaired) electrons. The Morgan fingerprint density at radius 3 is 2.67 bits per heavy atom. The van der Waals surface area contributed by atoms with Crippen LogP contribution >= 0.6 is 0 Å². The molecular weight excluding hydrogens is 186 g/mol. The third kappa shape index (κ3) is 3.84. The quantitative estimate of drug-likeness (QED) is 0.685. The second-order valence-electron chi connectivity index (χ2n) is 4.11. The fraction of sp³-hybridized carbons (Fsp3) is 0.462. The van der Waals surface area contributed by atoms with E-state index < -0.39 is 0 Å². The van der Waals surface area contributed by atoms with E-state index in [0.29, 0.717) is 6.54 Å². The highest BCUT2D eigenvalue weighted by Gasteiger charge is 2.01. The molecular formula is C13H19NO. The van der Waals surface area contributed by atoms with E-state index in [1.54, 1.807) is 0 Å². The van der Waals surface area contributed by atoms with Crippen molar-refractivity contribution in [3.05, 3.63) is 34.9 Å². The van der Waals surface area contributed by atoms with Crippen molar-refractivity contribution in [2.45, 2.75) is 20.3 Å². The lowest BCUT2D eigenvalue weighted by molar-refractivity contribution is -0.108. The summed E-state index contributed by atoms with van der Waals surface area (Å²) in [6.45, 7) is 5.70. The Bertz CT molecular complexity index is 333. The van der Waals surface area contributed by atoms with Crippen LogP contribution in [0.4, 0.5) is 0 Å². The molecule has 1 rings (SSSR count). The SMILES string of the molecule is Cc1ccc(CCN(C)CC=O)c(C)c1. The molecule has 0 amide bonds. The number of aryl methyl sites for hydroxylation is 2. The maximum atomic E-state index is 10.3. The summed E-state index contributed by atoms with van der Waals surface area (Å²) >= 11 is 0. The van der Waals surface area contributed by atoms with Crippen LogP contribution in [0.5, 0.6) is 0 Å². The smallest absolute Gasteiger partial charge is 0.133 e. The van der Waals surface area contributed by atoms with E-state index in [9.17, 15) is 4.79 Å². The van der Waals surface area contributed by atoms with Gasteiger partial charge in [-0.15, -0.1) is 0 Å². The third-order valence-electron chi connectivity index (χ3n) is 2.65. The van der Waals surface area contributed by atoms with E-state index in [0.717, 1.165) is 19.3 Å². The largest absolute Gasteiger partial charge is 0.302 e. The Labute approximate surface area is 91.9 Å². The first kappa shape index (κ1) is 11.9. The van der Waals surface area contributed by atoms with Crippen molar-refractivity contribution < 1.29 is 4.79 Å². The van der Waals surface area contributed by atoms with E-state index in [-0.39, 0.29) is 0 Å². The van der Waals surface area contributed by atoms with Crippen LogP contribution in [0.25, 0.3) is 0 Å². The first-order valence-corrected chi connectivity index (χ1v) is 5.32. The lowest BCUT2D eigenvalue weighted by Gasteiger charge is -2.14. The van der Waals surface area contributed by atoms with E-state index in [1.807, 2.05) is 11.9 Å². The third-order valence-corrected chi connectivity index (χ3v) is 2.65. The van der Waals surface area contributed by atoms with Gasteiger partial charge in [-0.3, -0.25) is 4.90 Å². The molecule has 0 aromatic heterocycles. The molecule has 82 valence electrons. The second kappa shape index (κ2) is 5.66. The number of aldehydes is 1. The Hall–Kier alpha value is -1.15. The van der Waals surface area contributed by atoms with E-state index in [2.05, 4.69) is 32.0 Å². The minimum atomic E-state index is 0.519. The van der Waals surface area contributed by atoms with Crippen LogP contribution in [0.15, 0.2) is 18.2 Å². The van der Waals surface area contributed by atoms with Crippen molar-refractivity contribution in [2.24, 2.45) is 0 Å². The number of rotatable bonds is 5. The topological polar surface area (TPSA) is 20.3 Å². The van der Waals surface area contributed by atoms with E-state index in [4.69, 9.17) is 0 Å². The molecule has 15 heavy (non-hydrogen) atoms. The summed E-state index contributed by atoms with van der Waals surface area (Å²) in [6, 6.07) is 6.52. The van der Waals surface area contributed by atoms with Crippen LogP contribution in [0, 0.1) is 13.8 Å². The van der Waals surface area contributed by atoms with Crippen molar-refractivity contribution in [3.8, 4) is 0 Å². The number of benzene rings is 1. The van der Waals surface area contributed by atoms with Crippen LogP contribution in [0.1, 0.15) is 16.7 Å². The van der Waals surface area contributed by atoms with Crippen LogP contribution in [-0.2, 0) is 11.2 Å². The van der Waals surface area contributed by atoms with Crippen LogP contribution < -0.4 is 0 Å². The molecule has 0 spiro atoms. The summed E-state index contributed by atoms with van der Waals surface area (Å²) in [4.78, 5) is 12.3. The first-order chi connectivity index (χ1) is 7.13. The van der Waals surface area contributed by atoms with Crippen molar-refractivity contribution in [1.82, 2.24) is 4.90 Å². The minimum absolute atomic E-state index is 0.519. The molecule has 0 unspecified atom stereocenters. The maximum Gasteiger partial charge on any atom is 0.133 e. The molecule has 0 bridgehead atoms. The van der Waals surface area contributed by atoms with E-state index in [1.165, 1.54) is 16.7 Å². The molecule has 2 heteroatoms. The van der Waals surface area contributed by atoms with E-state index >= 15 is 0 Å². The predicted molar refractivity (Wildman–Crippen MR) is 63.2 cm³/mol. The van der Waals surface area contributed by atoms with Crippen LogP contribution in [-0.4, -0.2) is 31.3 Å². The Morgan fingerprint density at radius 2 is 2.07 bits per heavy atom. The molecule has 0 N–H and O–H groups in total. The van der Waals surface area contributed by atoms with Gasteiger partial charge < -0.3 is 4.79 Å². The molecule has 0 saturated carbocycles. The monoisotopic (exact) mass is 205 g/mol. The molecule has 2 nitrogen and oxygen atoms in total. The lowest BCUT2D eigenvalue weighted by atomic mass is 10.0. The standard InChI is InChI=1S/C13H19NO/c1-11-4-5-13(12(2)10-11)6-7-14(3)8-9-15/h4-5,9-10H,6-8H2,1-3H3. The van der Waals surface area contributed by atoms with Gasteiger partial charge in [-0.25, -0.2) is 0 Å². The molecule has 0 aliphatic rings. The summed E-state index contributed by atoms with van der Waals surface area (Å²) in [5, 5.41) is 0. The molecule has 0 saturated heterocycles. The molecule has 1 aromatic carbocycles. The van der Waals surface area contributed by atoms with Crippen LogP contribution in [0.2, 0.25) is 0 Å². The van der Waals surface area contributed by atoms with Gasteiger partial charge in [0.2, 0.25) is 0 Å². The average molecular weight is 205 g/mol. The van der Waals surface area contributed by atoms with Crippen molar-refractivity contribution in [3.63, 3.8) is 0 Å². The van der Waals surface area contributed by atoms with Crippen molar-refractivity contribution in [2.75, 3.05) is 20.1 Å². The highest BCUT2D eigenvalue weighted by molar-refractivity contribution is 5.51. The number of likely N-dealkylation sites (N-methyl/N-ethyl adjacent to an activating group) is 1. The van der Waals surface area contributed by atoms with Gasteiger partial charge in [-0.05, 0) is 38.4 Å². The molecule has 0 heterocycles. The van der Waals surface area contributed by atoms with Gasteiger partial charge in [0.25, 0.3) is 0 Å². The normalized spacial score (nSPS) is 10.7. The van der Waals surface area contributed by atoms with Crippen molar-refractivity contribution in [1.29, 1.82) is 0 Å². The lowest BCUT2D eigenvalue weighted by Crippen LogP contribution is -2.23. The van der Waals surface area contributed by atoms with Gasteiger partial charge in [0.15, 0.2) is 0 Å². The summed E-state index contributed by atoms with van der Waals surface area (Å²) < 4.78 is 0. The fourth-order valence-electron chi connectivity index (χ4n) is 1.66. The summed E-state index contributed by atoms with van der Waals surface area (Å²) in [5.74, 6) is 0. The predicted octanol–water partition coefficient (Wildman–Crippen LogP) is 1.98. The summed E-state index contributed by atoms with van der Waals surface area (Å²) in [7, 11) is 1.97. The van der Waals surface area contributed by atoms with Gasteiger partial charge in [0.05, 0.1) is 6.54 Å². The summed E-state index contributed by atoms with van der Waals surface area (Å²) in [5.41, 5.74) is 4.02. The average Bonchev–Trinajstić information content (AvgIpc) is 2.17. The number of hydrogen-bond donors (Lipinski definition) is 0. The van der Waals surface area contributed by atoms with Crippen molar-refractivity contribution >= 4 is 6.29 Å². The van der Waals surface area contributed by atoms with Gasteiger partial charge in [-0.2, -0.15) is 0 Å². The number of carbonyl (C=O) groups excluding carboxylic acids is 1. The first-order valence-electron chi connectivity index (χ1n) is 5.32. The minimum Gasteiger partial charge on any atom is -0.302 e. The van der Waals surface area contributed by atoms with Gasteiger partial charge >= 0.3 is 0 Å². The molecule has 0 aliphatic heterocycles. The van der Waals surface area contributed by atoms with Gasteiger partial charge in [0.1, 0.15) is 6.29 Å². The zero-order valence-electron chi connectivity index (χ0n) is 9.79. The zero-order chi connectivity index (χ0) is 11.3. The number of hydrogen-bond acceptors (Lipinski definition) is 2. The molecule has 0 aliphatic carbocycles. The summed E-state index contributed by atoms with van der Waals surface area (Å²) in [6.07, 6.45) is 1.96. The highest BCUT2D eigenvalue weighted by atomic mass is 16.1. The fourth-order valence-corrected chi connectivity index (χ4v) is 1.66. The van der Waals surface area contributed by atoms with Crippen LogP contribution in [0.3, 0.4) is 0 Å². The van der Waals surface area contributed by atoms with Gasteiger partial charge in [-0.1, -0.05) is 23.8 Å². The molecule has 1 aromatic rings. The Kier molecular flexibility index (Phi) is 4.50. The highest BCUT2D eigenvalue weighted by Crippen LogP contribution is 2.11. The second-order valence-corrected chi connectivity index (χ2v) is 4.11. The maximum absolute atomic E-state index is 10.3. The Balaban J connectivity index is 2.54. The number of carbonyl (C=O) groups is 1. The van der Waals surface area contributed by atoms with Gasteiger partial charge in [0, 0.05) is 6.54 Å².